The molecule has 0 atom stereocenters. The van der Waals surface area contributed by atoms with Crippen molar-refractivity contribution in [2.75, 3.05) is 19.6 Å². The third-order valence-corrected chi connectivity index (χ3v) is 4.86. The maximum absolute atomic E-state index is 12.6. The molecule has 9 heteroatoms. The van der Waals surface area contributed by atoms with Crippen molar-refractivity contribution in [3.8, 4) is 5.69 Å². The normalized spacial score (nSPS) is 15.6. The number of hydrogen-bond acceptors (Lipinski definition) is 6. The number of piperidine rings is 1. The third-order valence-electron chi connectivity index (χ3n) is 4.86. The average Bonchev–Trinajstić information content (AvgIpc) is 3.05. The minimum absolute atomic E-state index is 0.0350. The number of aromatic nitrogens is 3. The van der Waals surface area contributed by atoms with Crippen molar-refractivity contribution < 1.29 is 9.72 Å². The van der Waals surface area contributed by atoms with Gasteiger partial charge in [-0.1, -0.05) is 18.2 Å². The Labute approximate surface area is 157 Å². The molecule has 9 nitrogen and oxygen atoms in total. The summed E-state index contributed by atoms with van der Waals surface area (Å²) in [5.41, 5.74) is 1.27. The number of hydrogen-bond donors (Lipinski definition) is 1. The van der Waals surface area contributed by atoms with Crippen LogP contribution >= 0.6 is 0 Å². The van der Waals surface area contributed by atoms with E-state index in [-0.39, 0.29) is 23.3 Å². The van der Waals surface area contributed by atoms with Gasteiger partial charge in [0.2, 0.25) is 0 Å². The number of nitro benzene ring substituents is 1. The molecule has 1 aliphatic rings. The lowest BCUT2D eigenvalue weighted by Crippen LogP contribution is -2.45. The predicted octanol–water partition coefficient (Wildman–Crippen LogP) is 2.09. The topological polar surface area (TPSA) is 106 Å². The molecule has 144 valence electrons. The van der Waals surface area contributed by atoms with E-state index in [1.165, 1.54) is 16.8 Å². The van der Waals surface area contributed by atoms with E-state index < -0.39 is 4.92 Å². The van der Waals surface area contributed by atoms with Crippen molar-refractivity contribution >= 4 is 11.6 Å². The number of carbonyl (C=O) groups is 1. The number of nitrogens with one attached hydrogen (secondary N) is 1. The first-order valence-electron chi connectivity index (χ1n) is 9.20. The van der Waals surface area contributed by atoms with Crippen molar-refractivity contribution in [2.24, 2.45) is 0 Å². The number of likely N-dealkylation sites (tertiary alicyclic amines) is 1. The number of rotatable bonds is 6. The molecule has 0 unspecified atom stereocenters. The number of carbonyl (C=O) groups excluding carboxylic acids is 1. The van der Waals surface area contributed by atoms with Crippen LogP contribution in [0.15, 0.2) is 24.3 Å². The molecule has 1 fully saturated rings. The van der Waals surface area contributed by atoms with Crippen molar-refractivity contribution in [3.63, 3.8) is 0 Å². The molecular weight excluding hydrogens is 348 g/mol. The SMILES string of the molecule is CCCN1CCC(NC(=O)c2nnn(-c3cccc([N+](=O)[O-])c3)c2C)CC1. The lowest BCUT2D eigenvalue weighted by molar-refractivity contribution is -0.384. The van der Waals surface area contributed by atoms with Gasteiger partial charge in [0.15, 0.2) is 5.69 Å². The number of nitro groups is 1. The fourth-order valence-corrected chi connectivity index (χ4v) is 3.39. The van der Waals surface area contributed by atoms with Crippen molar-refractivity contribution in [1.82, 2.24) is 25.2 Å². The summed E-state index contributed by atoms with van der Waals surface area (Å²) in [6.45, 7) is 6.96. The summed E-state index contributed by atoms with van der Waals surface area (Å²) in [5.74, 6) is -0.252. The Morgan fingerprint density at radius 1 is 1.37 bits per heavy atom. The molecule has 1 aromatic heterocycles. The summed E-state index contributed by atoms with van der Waals surface area (Å²) in [6, 6.07) is 6.23. The van der Waals surface area contributed by atoms with Gasteiger partial charge >= 0.3 is 0 Å². The molecule has 1 N–H and O–H groups in total. The highest BCUT2D eigenvalue weighted by Gasteiger charge is 2.24. The summed E-state index contributed by atoms with van der Waals surface area (Å²) in [5, 5.41) is 22.0. The Bertz CT molecular complexity index is 826. The molecule has 0 saturated carbocycles. The van der Waals surface area contributed by atoms with Gasteiger partial charge in [0.25, 0.3) is 11.6 Å². The Hall–Kier alpha value is -2.81. The molecule has 27 heavy (non-hydrogen) atoms. The highest BCUT2D eigenvalue weighted by atomic mass is 16.6. The second-order valence-corrected chi connectivity index (χ2v) is 6.80. The molecule has 1 saturated heterocycles. The van der Waals surface area contributed by atoms with Gasteiger partial charge in [-0.15, -0.1) is 5.10 Å². The minimum atomic E-state index is -0.464. The molecule has 2 aromatic rings. The number of nitrogens with zero attached hydrogens (tertiary/aromatic N) is 5. The van der Waals surface area contributed by atoms with Crippen LogP contribution in [-0.4, -0.2) is 56.4 Å². The second kappa shape index (κ2) is 8.26. The van der Waals surface area contributed by atoms with Gasteiger partial charge in [-0.25, -0.2) is 4.68 Å². The molecule has 0 spiro atoms. The van der Waals surface area contributed by atoms with Gasteiger partial charge in [-0.3, -0.25) is 14.9 Å². The zero-order chi connectivity index (χ0) is 19.4. The molecule has 0 aliphatic carbocycles. The van der Waals surface area contributed by atoms with Crippen molar-refractivity contribution in [3.05, 3.63) is 45.8 Å². The zero-order valence-electron chi connectivity index (χ0n) is 15.6. The van der Waals surface area contributed by atoms with Gasteiger partial charge in [0, 0.05) is 31.3 Å². The number of non-ortho nitro benzene ring substituents is 1. The molecule has 0 bridgehead atoms. The Balaban J connectivity index is 1.69. The van der Waals surface area contributed by atoms with Crippen LogP contribution in [0.1, 0.15) is 42.4 Å². The molecule has 1 amide bonds. The Morgan fingerprint density at radius 3 is 2.78 bits per heavy atom. The molecular formula is C18H24N6O3. The van der Waals surface area contributed by atoms with Crippen LogP contribution in [0.4, 0.5) is 5.69 Å². The number of amides is 1. The molecule has 0 radical (unpaired) electrons. The van der Waals surface area contributed by atoms with Gasteiger partial charge in [0.05, 0.1) is 16.3 Å². The van der Waals surface area contributed by atoms with Crippen LogP contribution in [0, 0.1) is 17.0 Å². The maximum atomic E-state index is 12.6. The van der Waals surface area contributed by atoms with Gasteiger partial charge in [-0.05, 0) is 38.8 Å². The highest BCUT2D eigenvalue weighted by Crippen LogP contribution is 2.19. The van der Waals surface area contributed by atoms with E-state index in [2.05, 4.69) is 27.5 Å². The van der Waals surface area contributed by atoms with E-state index >= 15 is 0 Å². The van der Waals surface area contributed by atoms with Crippen LogP contribution in [0.2, 0.25) is 0 Å². The van der Waals surface area contributed by atoms with Gasteiger partial charge < -0.3 is 10.2 Å². The van der Waals surface area contributed by atoms with E-state index in [0.717, 1.165) is 38.9 Å². The van der Waals surface area contributed by atoms with Gasteiger partial charge in [-0.2, -0.15) is 0 Å². The molecule has 1 aromatic carbocycles. The largest absolute Gasteiger partial charge is 0.348 e. The van der Waals surface area contributed by atoms with Crippen LogP contribution < -0.4 is 5.32 Å². The van der Waals surface area contributed by atoms with Crippen LogP contribution in [0.25, 0.3) is 5.69 Å². The summed E-state index contributed by atoms with van der Waals surface area (Å²) < 4.78 is 1.45. The predicted molar refractivity (Wildman–Crippen MR) is 100.0 cm³/mol. The first-order chi connectivity index (χ1) is 13.0. The standard InChI is InChI=1S/C18H24N6O3/c1-3-9-22-10-7-14(8-11-22)19-18(25)17-13(2)23(21-20-17)15-5-4-6-16(12-15)24(26)27/h4-6,12,14H,3,7-11H2,1-2H3,(H,19,25). The van der Waals surface area contributed by atoms with Gasteiger partial charge in [0.1, 0.15) is 0 Å². The van der Waals surface area contributed by atoms with Crippen LogP contribution in [-0.2, 0) is 0 Å². The second-order valence-electron chi connectivity index (χ2n) is 6.80. The Morgan fingerprint density at radius 2 is 2.11 bits per heavy atom. The van der Waals surface area contributed by atoms with E-state index in [4.69, 9.17) is 0 Å². The Kier molecular flexibility index (Phi) is 5.80. The van der Waals surface area contributed by atoms with E-state index in [1.54, 1.807) is 19.1 Å². The maximum Gasteiger partial charge on any atom is 0.273 e. The summed E-state index contributed by atoms with van der Waals surface area (Å²) in [4.78, 5) is 25.5. The summed E-state index contributed by atoms with van der Waals surface area (Å²) in [7, 11) is 0. The smallest absolute Gasteiger partial charge is 0.273 e. The molecule has 1 aliphatic heterocycles. The van der Waals surface area contributed by atoms with Crippen LogP contribution in [0.3, 0.4) is 0 Å². The monoisotopic (exact) mass is 372 g/mol. The van der Waals surface area contributed by atoms with E-state index in [1.807, 2.05) is 0 Å². The summed E-state index contributed by atoms with van der Waals surface area (Å²) in [6.07, 6.45) is 2.98. The quantitative estimate of drug-likeness (QED) is 0.615. The summed E-state index contributed by atoms with van der Waals surface area (Å²) >= 11 is 0. The van der Waals surface area contributed by atoms with E-state index in [9.17, 15) is 14.9 Å². The van der Waals surface area contributed by atoms with Crippen LogP contribution in [0.5, 0.6) is 0 Å². The highest BCUT2D eigenvalue weighted by molar-refractivity contribution is 5.93. The third kappa shape index (κ3) is 4.30. The lowest BCUT2D eigenvalue weighted by atomic mass is 10.0. The minimum Gasteiger partial charge on any atom is -0.348 e. The first kappa shape index (κ1) is 19.0. The van der Waals surface area contributed by atoms with E-state index in [0.29, 0.717) is 11.4 Å². The molecule has 2 heterocycles. The first-order valence-corrected chi connectivity index (χ1v) is 9.20. The molecule has 3 rings (SSSR count). The van der Waals surface area contributed by atoms with Crippen molar-refractivity contribution in [1.29, 1.82) is 0 Å². The zero-order valence-corrected chi connectivity index (χ0v) is 15.6. The lowest BCUT2D eigenvalue weighted by Gasteiger charge is -2.31. The fraction of sp³-hybridized carbons (Fsp3) is 0.500. The average molecular weight is 372 g/mol. The van der Waals surface area contributed by atoms with Crippen molar-refractivity contribution in [2.45, 2.75) is 39.2 Å². The fourth-order valence-electron chi connectivity index (χ4n) is 3.39. The number of benzene rings is 1.